The highest BCUT2D eigenvalue weighted by Crippen LogP contribution is 2.23. The summed E-state index contributed by atoms with van der Waals surface area (Å²) in [6.07, 6.45) is 5.22. The van der Waals surface area contributed by atoms with Crippen LogP contribution in [0.25, 0.3) is 0 Å². The van der Waals surface area contributed by atoms with Gasteiger partial charge < -0.3 is 10.4 Å². The van der Waals surface area contributed by atoms with Crippen LogP contribution in [-0.2, 0) is 0 Å². The van der Waals surface area contributed by atoms with Gasteiger partial charge in [0, 0.05) is 12.6 Å². The van der Waals surface area contributed by atoms with Crippen LogP contribution in [0.15, 0.2) is 0 Å². The van der Waals surface area contributed by atoms with E-state index in [0.717, 1.165) is 5.92 Å². The summed E-state index contributed by atoms with van der Waals surface area (Å²) in [7, 11) is 0. The predicted octanol–water partition coefficient (Wildman–Crippen LogP) is 1.93. The van der Waals surface area contributed by atoms with Crippen LogP contribution in [0.1, 0.15) is 46.5 Å². The Morgan fingerprint density at radius 3 is 2.23 bits per heavy atom. The lowest BCUT2D eigenvalue weighted by Gasteiger charge is -2.29. The number of hydrogen-bond donors (Lipinski definition) is 2. The zero-order valence-electron chi connectivity index (χ0n) is 9.14. The fourth-order valence-electron chi connectivity index (χ4n) is 1.86. The zero-order chi connectivity index (χ0) is 9.90. The van der Waals surface area contributed by atoms with Gasteiger partial charge in [-0.3, -0.25) is 0 Å². The van der Waals surface area contributed by atoms with Crippen molar-refractivity contribution in [2.75, 3.05) is 6.54 Å². The van der Waals surface area contributed by atoms with Gasteiger partial charge in [-0.05, 0) is 45.4 Å². The van der Waals surface area contributed by atoms with Crippen LogP contribution in [0.5, 0.6) is 0 Å². The average molecular weight is 185 g/mol. The van der Waals surface area contributed by atoms with Gasteiger partial charge in [0.05, 0.1) is 5.60 Å². The van der Waals surface area contributed by atoms with E-state index in [4.69, 9.17) is 0 Å². The first-order valence-corrected chi connectivity index (χ1v) is 5.43. The maximum Gasteiger partial charge on any atom is 0.0715 e. The Balaban J connectivity index is 2.16. The molecule has 2 heteroatoms. The largest absolute Gasteiger partial charge is 0.389 e. The molecule has 0 unspecified atom stereocenters. The minimum atomic E-state index is -0.566. The number of nitrogens with one attached hydrogen (secondary N) is 1. The van der Waals surface area contributed by atoms with Crippen molar-refractivity contribution in [2.24, 2.45) is 5.92 Å². The third-order valence-electron chi connectivity index (χ3n) is 2.84. The Morgan fingerprint density at radius 1 is 1.23 bits per heavy atom. The quantitative estimate of drug-likeness (QED) is 0.704. The molecule has 0 saturated heterocycles. The number of aliphatic hydroxyl groups is 1. The Kier molecular flexibility index (Phi) is 3.74. The summed E-state index contributed by atoms with van der Waals surface area (Å²) < 4.78 is 0. The molecule has 0 aromatic rings. The molecule has 0 amide bonds. The van der Waals surface area contributed by atoms with Crippen molar-refractivity contribution >= 4 is 0 Å². The fourth-order valence-corrected chi connectivity index (χ4v) is 1.86. The van der Waals surface area contributed by atoms with Crippen LogP contribution in [-0.4, -0.2) is 23.3 Å². The van der Waals surface area contributed by atoms with Crippen LogP contribution < -0.4 is 5.32 Å². The smallest absolute Gasteiger partial charge is 0.0715 e. The van der Waals surface area contributed by atoms with E-state index in [1.807, 2.05) is 13.8 Å². The molecule has 0 atom stereocenters. The first kappa shape index (κ1) is 11.0. The maximum atomic E-state index is 9.54. The molecule has 2 nitrogen and oxygen atoms in total. The number of hydrogen-bond acceptors (Lipinski definition) is 2. The molecular formula is C11H23NO. The zero-order valence-corrected chi connectivity index (χ0v) is 9.14. The molecule has 1 rings (SSSR count). The van der Waals surface area contributed by atoms with Gasteiger partial charge in [0.15, 0.2) is 0 Å². The molecule has 0 radical (unpaired) electrons. The molecule has 13 heavy (non-hydrogen) atoms. The van der Waals surface area contributed by atoms with E-state index in [-0.39, 0.29) is 0 Å². The molecular weight excluding hydrogens is 162 g/mol. The van der Waals surface area contributed by atoms with E-state index in [9.17, 15) is 5.11 Å². The highest BCUT2D eigenvalue weighted by atomic mass is 16.3. The summed E-state index contributed by atoms with van der Waals surface area (Å²) >= 11 is 0. The van der Waals surface area contributed by atoms with Gasteiger partial charge in [-0.1, -0.05) is 6.92 Å². The van der Waals surface area contributed by atoms with Gasteiger partial charge in [-0.25, -0.2) is 0 Å². The van der Waals surface area contributed by atoms with Gasteiger partial charge in [0.2, 0.25) is 0 Å². The molecule has 0 aromatic carbocycles. The summed E-state index contributed by atoms with van der Waals surface area (Å²) in [6.45, 7) is 6.75. The summed E-state index contributed by atoms with van der Waals surface area (Å²) in [5.41, 5.74) is -0.566. The minimum Gasteiger partial charge on any atom is -0.389 e. The second-order valence-corrected chi connectivity index (χ2v) is 5.15. The molecule has 0 spiro atoms. The standard InChI is InChI=1S/C11H23NO/c1-9-4-6-10(7-5-9)12-8-11(2,3)13/h9-10,12-13H,4-8H2,1-3H3. The fraction of sp³-hybridized carbons (Fsp3) is 1.00. The summed E-state index contributed by atoms with van der Waals surface area (Å²) in [4.78, 5) is 0. The minimum absolute atomic E-state index is 0.566. The van der Waals surface area contributed by atoms with Crippen molar-refractivity contribution < 1.29 is 5.11 Å². The highest BCUT2D eigenvalue weighted by Gasteiger charge is 2.20. The SMILES string of the molecule is CC1CCC(NCC(C)(C)O)CC1. The van der Waals surface area contributed by atoms with Gasteiger partial charge in [-0.2, -0.15) is 0 Å². The van der Waals surface area contributed by atoms with E-state index in [1.165, 1.54) is 25.7 Å². The Bertz CT molecular complexity index is 143. The van der Waals surface area contributed by atoms with Crippen molar-refractivity contribution in [2.45, 2.75) is 58.1 Å². The lowest BCUT2D eigenvalue weighted by Crippen LogP contribution is -2.42. The third-order valence-corrected chi connectivity index (χ3v) is 2.84. The van der Waals surface area contributed by atoms with Gasteiger partial charge in [0.25, 0.3) is 0 Å². The van der Waals surface area contributed by atoms with Crippen LogP contribution in [0.2, 0.25) is 0 Å². The predicted molar refractivity (Wildman–Crippen MR) is 55.7 cm³/mol. The van der Waals surface area contributed by atoms with Crippen molar-refractivity contribution in [1.29, 1.82) is 0 Å². The molecule has 2 N–H and O–H groups in total. The lowest BCUT2D eigenvalue weighted by atomic mass is 9.87. The van der Waals surface area contributed by atoms with Crippen molar-refractivity contribution in [1.82, 2.24) is 5.32 Å². The van der Waals surface area contributed by atoms with Crippen molar-refractivity contribution in [3.8, 4) is 0 Å². The van der Waals surface area contributed by atoms with Gasteiger partial charge >= 0.3 is 0 Å². The third kappa shape index (κ3) is 4.63. The second kappa shape index (κ2) is 4.43. The summed E-state index contributed by atoms with van der Waals surface area (Å²) in [6, 6.07) is 0.641. The Hall–Kier alpha value is -0.0800. The van der Waals surface area contributed by atoms with E-state index >= 15 is 0 Å². The Morgan fingerprint density at radius 2 is 1.77 bits per heavy atom. The van der Waals surface area contributed by atoms with Crippen LogP contribution in [0.4, 0.5) is 0 Å². The molecule has 1 aliphatic rings. The van der Waals surface area contributed by atoms with Gasteiger partial charge in [0.1, 0.15) is 0 Å². The van der Waals surface area contributed by atoms with E-state index in [0.29, 0.717) is 12.6 Å². The molecule has 0 aromatic heterocycles. The van der Waals surface area contributed by atoms with E-state index in [1.54, 1.807) is 0 Å². The second-order valence-electron chi connectivity index (χ2n) is 5.15. The average Bonchev–Trinajstić information content (AvgIpc) is 2.02. The summed E-state index contributed by atoms with van der Waals surface area (Å²) in [5, 5.41) is 13.0. The topological polar surface area (TPSA) is 32.3 Å². The monoisotopic (exact) mass is 185 g/mol. The molecule has 0 aliphatic heterocycles. The van der Waals surface area contributed by atoms with Crippen LogP contribution in [0.3, 0.4) is 0 Å². The molecule has 0 heterocycles. The molecule has 1 saturated carbocycles. The molecule has 1 fully saturated rings. The summed E-state index contributed by atoms with van der Waals surface area (Å²) in [5.74, 6) is 0.903. The lowest BCUT2D eigenvalue weighted by molar-refractivity contribution is 0.0737. The van der Waals surface area contributed by atoms with E-state index < -0.39 is 5.60 Å². The Labute approximate surface area is 81.7 Å². The number of rotatable bonds is 3. The first-order valence-electron chi connectivity index (χ1n) is 5.43. The first-order chi connectivity index (χ1) is 5.97. The molecule has 0 bridgehead atoms. The van der Waals surface area contributed by atoms with Crippen LogP contribution in [0, 0.1) is 5.92 Å². The maximum absolute atomic E-state index is 9.54. The van der Waals surface area contributed by atoms with Crippen molar-refractivity contribution in [3.63, 3.8) is 0 Å². The van der Waals surface area contributed by atoms with E-state index in [2.05, 4.69) is 12.2 Å². The van der Waals surface area contributed by atoms with Crippen LogP contribution >= 0.6 is 0 Å². The normalized spacial score (nSPS) is 30.5. The van der Waals surface area contributed by atoms with Gasteiger partial charge in [-0.15, -0.1) is 0 Å². The van der Waals surface area contributed by atoms with Crippen molar-refractivity contribution in [3.05, 3.63) is 0 Å². The molecule has 1 aliphatic carbocycles. The molecule has 78 valence electrons. The highest BCUT2D eigenvalue weighted by molar-refractivity contribution is 4.78.